The molecular weight excluding hydrogens is 419 g/mol. The van der Waals surface area contributed by atoms with Gasteiger partial charge in [0.25, 0.3) is 5.91 Å². The van der Waals surface area contributed by atoms with Crippen molar-refractivity contribution in [1.82, 2.24) is 30.3 Å². The van der Waals surface area contributed by atoms with Crippen LogP contribution in [0, 0.1) is 0 Å². The second kappa shape index (κ2) is 9.19. The number of anilines is 1. The summed E-state index contributed by atoms with van der Waals surface area (Å²) in [6.45, 7) is -0.192. The maximum absolute atomic E-state index is 13.6. The number of hydrogen-bond acceptors (Lipinski definition) is 7. The van der Waals surface area contributed by atoms with E-state index in [0.717, 1.165) is 6.20 Å². The van der Waals surface area contributed by atoms with Crippen LogP contribution in [0.25, 0.3) is 5.82 Å². The third kappa shape index (κ3) is 5.32. The van der Waals surface area contributed by atoms with Crippen molar-refractivity contribution >= 4 is 17.6 Å². The minimum atomic E-state index is -4.90. The van der Waals surface area contributed by atoms with Gasteiger partial charge in [-0.3, -0.25) is 9.59 Å². The summed E-state index contributed by atoms with van der Waals surface area (Å²) in [6.07, 6.45) is -2.80. The lowest BCUT2D eigenvalue weighted by atomic mass is 10.2. The Morgan fingerprint density at radius 3 is 2.58 bits per heavy atom. The molecule has 3 aromatic heterocycles. The minimum absolute atomic E-state index is 0.103. The molecule has 0 aliphatic carbocycles. The Hall–Kier alpha value is -4.03. The van der Waals surface area contributed by atoms with E-state index in [2.05, 4.69) is 30.9 Å². The fraction of sp³-hybridized carbons (Fsp3) is 0.222. The monoisotopic (exact) mass is 435 g/mol. The second-order valence-corrected chi connectivity index (χ2v) is 6.02. The minimum Gasteiger partial charge on any atom is -0.480 e. The molecular formula is C18H16F3N7O3. The van der Waals surface area contributed by atoms with Crippen LogP contribution in [-0.2, 0) is 11.0 Å². The highest BCUT2D eigenvalue weighted by Crippen LogP contribution is 2.33. The van der Waals surface area contributed by atoms with Gasteiger partial charge in [0.15, 0.2) is 11.5 Å². The second-order valence-electron chi connectivity index (χ2n) is 6.02. The summed E-state index contributed by atoms with van der Waals surface area (Å²) in [6, 6.07) is 7.45. The van der Waals surface area contributed by atoms with Gasteiger partial charge in [-0.1, -0.05) is 6.07 Å². The summed E-state index contributed by atoms with van der Waals surface area (Å²) in [7, 11) is 1.33. The zero-order valence-corrected chi connectivity index (χ0v) is 16.1. The number of nitrogens with zero attached hydrogens (tertiary/aromatic N) is 5. The fourth-order valence-corrected chi connectivity index (χ4v) is 2.52. The van der Waals surface area contributed by atoms with Crippen molar-refractivity contribution < 1.29 is 27.5 Å². The molecule has 13 heteroatoms. The van der Waals surface area contributed by atoms with E-state index < -0.39 is 29.2 Å². The van der Waals surface area contributed by atoms with Crippen molar-refractivity contribution in [3.8, 4) is 11.7 Å². The van der Waals surface area contributed by atoms with E-state index in [4.69, 9.17) is 4.74 Å². The number of alkyl halides is 3. The van der Waals surface area contributed by atoms with Gasteiger partial charge in [-0.25, -0.2) is 9.67 Å². The van der Waals surface area contributed by atoms with Gasteiger partial charge in [0.2, 0.25) is 11.8 Å². The van der Waals surface area contributed by atoms with E-state index in [1.807, 2.05) is 0 Å². The molecule has 162 valence electrons. The first-order valence-corrected chi connectivity index (χ1v) is 8.82. The SMILES string of the molecule is COc1ccc(-n2ncc(C(=O)NCCC(=O)Nc3ccccn3)c2C(F)(F)F)nn1. The van der Waals surface area contributed by atoms with Crippen LogP contribution in [0.4, 0.5) is 19.0 Å². The van der Waals surface area contributed by atoms with Gasteiger partial charge in [0, 0.05) is 25.2 Å². The Bertz CT molecular complexity index is 1050. The summed E-state index contributed by atoms with van der Waals surface area (Å²) in [4.78, 5) is 28.1. The molecule has 0 aromatic carbocycles. The molecule has 0 fully saturated rings. The maximum Gasteiger partial charge on any atom is 0.434 e. The van der Waals surface area contributed by atoms with Gasteiger partial charge in [-0.2, -0.15) is 18.3 Å². The summed E-state index contributed by atoms with van der Waals surface area (Å²) in [5, 5.41) is 15.6. The number of methoxy groups -OCH3 is 1. The molecule has 0 saturated heterocycles. The van der Waals surface area contributed by atoms with Crippen LogP contribution in [0.15, 0.2) is 42.7 Å². The predicted molar refractivity (Wildman–Crippen MR) is 101 cm³/mol. The first kappa shape index (κ1) is 21.7. The largest absolute Gasteiger partial charge is 0.480 e. The zero-order chi connectivity index (χ0) is 22.4. The molecule has 2 N–H and O–H groups in total. The molecule has 0 atom stereocenters. The number of hydrogen-bond donors (Lipinski definition) is 2. The normalized spacial score (nSPS) is 11.1. The van der Waals surface area contributed by atoms with Gasteiger partial charge in [0.05, 0.1) is 18.9 Å². The topological polar surface area (TPSA) is 124 Å². The number of pyridine rings is 1. The van der Waals surface area contributed by atoms with E-state index in [0.29, 0.717) is 10.5 Å². The maximum atomic E-state index is 13.6. The number of ether oxygens (including phenoxy) is 1. The van der Waals surface area contributed by atoms with Gasteiger partial charge in [-0.05, 0) is 18.2 Å². The van der Waals surface area contributed by atoms with Gasteiger partial charge >= 0.3 is 6.18 Å². The highest BCUT2D eigenvalue weighted by Gasteiger charge is 2.41. The number of aromatic nitrogens is 5. The lowest BCUT2D eigenvalue weighted by Crippen LogP contribution is -2.29. The Labute approximate surface area is 173 Å². The van der Waals surface area contributed by atoms with E-state index in [-0.39, 0.29) is 24.7 Å². The van der Waals surface area contributed by atoms with E-state index in [1.165, 1.54) is 25.4 Å². The number of halogens is 3. The number of carbonyl (C=O) groups is 2. The van der Waals surface area contributed by atoms with E-state index >= 15 is 0 Å². The summed E-state index contributed by atoms with van der Waals surface area (Å²) in [5.41, 5.74) is -2.03. The summed E-state index contributed by atoms with van der Waals surface area (Å²) in [5.74, 6) is -1.32. The molecule has 3 aromatic rings. The molecule has 0 aliphatic heterocycles. The molecule has 0 bridgehead atoms. The number of rotatable bonds is 7. The average molecular weight is 435 g/mol. The van der Waals surface area contributed by atoms with Crippen LogP contribution in [0.3, 0.4) is 0 Å². The summed E-state index contributed by atoms with van der Waals surface area (Å²) < 4.78 is 46.2. The lowest BCUT2D eigenvalue weighted by Gasteiger charge is -2.12. The highest BCUT2D eigenvalue weighted by atomic mass is 19.4. The molecule has 0 spiro atoms. The smallest absolute Gasteiger partial charge is 0.434 e. The zero-order valence-electron chi connectivity index (χ0n) is 16.1. The van der Waals surface area contributed by atoms with Crippen LogP contribution >= 0.6 is 0 Å². The summed E-state index contributed by atoms with van der Waals surface area (Å²) >= 11 is 0. The number of nitrogens with one attached hydrogen (secondary N) is 2. The molecule has 0 aliphatic rings. The molecule has 10 nitrogen and oxygen atoms in total. The van der Waals surface area contributed by atoms with Crippen molar-refractivity contribution in [3.63, 3.8) is 0 Å². The highest BCUT2D eigenvalue weighted by molar-refractivity contribution is 5.96. The van der Waals surface area contributed by atoms with Crippen LogP contribution in [-0.4, -0.2) is 50.4 Å². The fourth-order valence-electron chi connectivity index (χ4n) is 2.52. The Balaban J connectivity index is 1.70. The van der Waals surface area contributed by atoms with Crippen molar-refractivity contribution in [2.75, 3.05) is 19.0 Å². The van der Waals surface area contributed by atoms with Crippen LogP contribution < -0.4 is 15.4 Å². The van der Waals surface area contributed by atoms with Crippen molar-refractivity contribution in [1.29, 1.82) is 0 Å². The van der Waals surface area contributed by atoms with Crippen molar-refractivity contribution in [3.05, 3.63) is 54.0 Å². The quantitative estimate of drug-likeness (QED) is 0.580. The van der Waals surface area contributed by atoms with Crippen LogP contribution in [0.5, 0.6) is 5.88 Å². The van der Waals surface area contributed by atoms with E-state index in [9.17, 15) is 22.8 Å². The Morgan fingerprint density at radius 2 is 1.97 bits per heavy atom. The molecule has 0 saturated carbocycles. The number of carbonyl (C=O) groups excluding carboxylic acids is 2. The van der Waals surface area contributed by atoms with Gasteiger partial charge in [-0.15, -0.1) is 10.2 Å². The third-order valence-corrected chi connectivity index (χ3v) is 3.90. The Kier molecular flexibility index (Phi) is 6.43. The standard InChI is InChI=1S/C18H16F3N7O3/c1-31-15-6-5-13(26-27-15)28-16(18(19,20)21)11(10-24-28)17(30)23-9-7-14(29)25-12-4-2-3-8-22-12/h2-6,8,10H,7,9H2,1H3,(H,23,30)(H,22,25,29). The van der Waals surface area contributed by atoms with Crippen molar-refractivity contribution in [2.24, 2.45) is 0 Å². The Morgan fingerprint density at radius 1 is 1.16 bits per heavy atom. The molecule has 3 heterocycles. The molecule has 2 amide bonds. The van der Waals surface area contributed by atoms with Crippen molar-refractivity contribution in [2.45, 2.75) is 12.6 Å². The average Bonchev–Trinajstić information content (AvgIpc) is 3.20. The van der Waals surface area contributed by atoms with E-state index in [1.54, 1.807) is 18.2 Å². The van der Waals surface area contributed by atoms with Crippen LogP contribution in [0.2, 0.25) is 0 Å². The number of amides is 2. The predicted octanol–water partition coefficient (Wildman–Crippen LogP) is 1.84. The third-order valence-electron chi connectivity index (χ3n) is 3.90. The molecule has 0 unspecified atom stereocenters. The van der Waals surface area contributed by atoms with Gasteiger partial charge < -0.3 is 15.4 Å². The lowest BCUT2D eigenvalue weighted by molar-refractivity contribution is -0.143. The van der Waals surface area contributed by atoms with Crippen LogP contribution in [0.1, 0.15) is 22.5 Å². The first-order valence-electron chi connectivity index (χ1n) is 8.82. The molecule has 31 heavy (non-hydrogen) atoms. The molecule has 3 rings (SSSR count). The first-order chi connectivity index (χ1) is 14.8. The van der Waals surface area contributed by atoms with Gasteiger partial charge in [0.1, 0.15) is 5.82 Å². The molecule has 0 radical (unpaired) electrons.